The normalized spacial score (nSPS) is 11.8. The third-order valence-corrected chi connectivity index (χ3v) is 3.88. The highest BCUT2D eigenvalue weighted by Crippen LogP contribution is 2.36. The smallest absolute Gasteiger partial charge is 0.325 e. The summed E-state index contributed by atoms with van der Waals surface area (Å²) in [6, 6.07) is 5.99. The molecule has 8 heteroatoms. The number of rotatable bonds is 4. The number of alkyl halides is 2. The molecular weight excluding hydrogens is 340 g/mol. The lowest BCUT2D eigenvalue weighted by molar-refractivity contribution is -0.137. The lowest BCUT2D eigenvalue weighted by Gasteiger charge is -2.14. The Kier molecular flexibility index (Phi) is 3.96. The van der Waals surface area contributed by atoms with Crippen LogP contribution in [0.2, 0.25) is 5.02 Å². The highest BCUT2D eigenvalue weighted by molar-refractivity contribution is 6.31. The molecule has 0 spiro atoms. The zero-order valence-electron chi connectivity index (χ0n) is 12.5. The maximum atomic E-state index is 13.6. The van der Waals surface area contributed by atoms with Crippen LogP contribution in [0.5, 0.6) is 0 Å². The average molecular weight is 352 g/mol. The van der Waals surface area contributed by atoms with Gasteiger partial charge in [0, 0.05) is 29.3 Å². The van der Waals surface area contributed by atoms with Gasteiger partial charge in [0.05, 0.1) is 11.7 Å². The van der Waals surface area contributed by atoms with E-state index < -0.39 is 11.9 Å². The molecular formula is C16H12ClF2N3O2. The first-order valence-corrected chi connectivity index (χ1v) is 7.35. The van der Waals surface area contributed by atoms with Gasteiger partial charge in [0.1, 0.15) is 12.1 Å². The number of hydrogen-bond acceptors (Lipinski definition) is 3. The van der Waals surface area contributed by atoms with Gasteiger partial charge in [-0.25, -0.2) is 8.78 Å². The summed E-state index contributed by atoms with van der Waals surface area (Å²) in [5.74, 6) is -4.11. The Labute approximate surface area is 140 Å². The largest absolute Gasteiger partial charge is 0.480 e. The second-order valence-corrected chi connectivity index (χ2v) is 5.81. The van der Waals surface area contributed by atoms with Crippen molar-refractivity contribution in [3.8, 4) is 11.1 Å². The van der Waals surface area contributed by atoms with E-state index in [9.17, 15) is 13.6 Å². The molecule has 3 aromatic rings. The van der Waals surface area contributed by atoms with Crippen LogP contribution in [0.15, 0.2) is 36.7 Å². The van der Waals surface area contributed by atoms with Crippen molar-refractivity contribution < 1.29 is 18.7 Å². The van der Waals surface area contributed by atoms with E-state index in [1.807, 2.05) is 0 Å². The molecule has 0 unspecified atom stereocenters. The Hall–Kier alpha value is -2.54. The van der Waals surface area contributed by atoms with Gasteiger partial charge in [-0.05, 0) is 23.8 Å². The summed E-state index contributed by atoms with van der Waals surface area (Å²) in [6.07, 6.45) is 2.98. The number of aromatic nitrogens is 3. The topological polar surface area (TPSA) is 68.0 Å². The Morgan fingerprint density at radius 3 is 2.71 bits per heavy atom. The second-order valence-electron chi connectivity index (χ2n) is 5.41. The van der Waals surface area contributed by atoms with Gasteiger partial charge in [0.25, 0.3) is 5.92 Å². The van der Waals surface area contributed by atoms with Gasteiger partial charge in [-0.3, -0.25) is 14.5 Å². The standard InChI is InChI=1S/C16H12ClF2N3O2/c1-16(18,19)11-4-9(2-3-12(11)17)10-5-14-13(20-6-10)7-21-22(14)8-15(23)24/h2-7H,8H2,1H3,(H,23,24). The van der Waals surface area contributed by atoms with E-state index in [1.54, 1.807) is 12.1 Å². The number of benzene rings is 1. The van der Waals surface area contributed by atoms with Gasteiger partial charge in [-0.15, -0.1) is 0 Å². The minimum atomic E-state index is -3.07. The summed E-state index contributed by atoms with van der Waals surface area (Å²) in [5, 5.41) is 12.9. The van der Waals surface area contributed by atoms with Gasteiger partial charge >= 0.3 is 5.97 Å². The maximum Gasteiger partial charge on any atom is 0.325 e. The molecule has 2 heterocycles. The maximum absolute atomic E-state index is 13.6. The number of aliphatic carboxylic acids is 1. The van der Waals surface area contributed by atoms with Gasteiger partial charge in [0.2, 0.25) is 0 Å². The van der Waals surface area contributed by atoms with Crippen LogP contribution in [-0.4, -0.2) is 25.8 Å². The van der Waals surface area contributed by atoms with E-state index in [0.29, 0.717) is 22.2 Å². The van der Waals surface area contributed by atoms with Gasteiger partial charge < -0.3 is 5.11 Å². The third-order valence-electron chi connectivity index (χ3n) is 3.55. The number of carboxylic acid groups (broad SMARTS) is 1. The van der Waals surface area contributed by atoms with Gasteiger partial charge in [-0.2, -0.15) is 5.10 Å². The Morgan fingerprint density at radius 2 is 2.04 bits per heavy atom. The van der Waals surface area contributed by atoms with Crippen molar-refractivity contribution >= 4 is 28.6 Å². The first-order chi connectivity index (χ1) is 11.3. The summed E-state index contributed by atoms with van der Waals surface area (Å²) >= 11 is 5.85. The molecule has 0 aliphatic carbocycles. The summed E-state index contributed by atoms with van der Waals surface area (Å²) in [4.78, 5) is 15.1. The molecule has 5 nitrogen and oxygen atoms in total. The van der Waals surface area contributed by atoms with Gasteiger partial charge in [-0.1, -0.05) is 17.7 Å². The van der Waals surface area contributed by atoms with E-state index in [2.05, 4.69) is 10.1 Å². The third kappa shape index (κ3) is 3.07. The first-order valence-electron chi connectivity index (χ1n) is 6.97. The predicted octanol–water partition coefficient (Wildman–Crippen LogP) is 3.95. The van der Waals surface area contributed by atoms with Crippen LogP contribution in [0, 0.1) is 0 Å². The molecule has 0 amide bonds. The van der Waals surface area contributed by atoms with E-state index in [-0.39, 0.29) is 17.1 Å². The summed E-state index contributed by atoms with van der Waals surface area (Å²) in [7, 11) is 0. The molecule has 0 aliphatic heterocycles. The molecule has 3 rings (SSSR count). The Bertz CT molecular complexity index is 935. The molecule has 0 radical (unpaired) electrons. The monoisotopic (exact) mass is 351 g/mol. The van der Waals surface area contributed by atoms with Crippen LogP contribution < -0.4 is 0 Å². The quantitative estimate of drug-likeness (QED) is 0.772. The fourth-order valence-corrected chi connectivity index (χ4v) is 2.69. The molecule has 0 aliphatic rings. The second kappa shape index (κ2) is 5.83. The molecule has 0 saturated heterocycles. The van der Waals surface area contributed by atoms with Crippen LogP contribution >= 0.6 is 11.6 Å². The Balaban J connectivity index is 2.11. The SMILES string of the molecule is CC(F)(F)c1cc(-c2cnc3cnn(CC(=O)O)c3c2)ccc1Cl. The molecule has 0 bridgehead atoms. The fraction of sp³-hybridized carbons (Fsp3) is 0.188. The summed E-state index contributed by atoms with van der Waals surface area (Å²) in [6.45, 7) is 0.467. The van der Waals surface area contributed by atoms with E-state index in [4.69, 9.17) is 16.7 Å². The van der Waals surface area contributed by atoms with Crippen molar-refractivity contribution in [1.82, 2.24) is 14.8 Å². The van der Waals surface area contributed by atoms with E-state index in [1.165, 1.54) is 29.2 Å². The Morgan fingerprint density at radius 1 is 1.29 bits per heavy atom. The van der Waals surface area contributed by atoms with Gasteiger partial charge in [0.15, 0.2) is 0 Å². The van der Waals surface area contributed by atoms with Crippen LogP contribution in [-0.2, 0) is 17.3 Å². The number of nitrogens with zero attached hydrogens (tertiary/aromatic N) is 3. The highest BCUT2D eigenvalue weighted by atomic mass is 35.5. The molecule has 1 aromatic carbocycles. The molecule has 0 saturated carbocycles. The lowest BCUT2D eigenvalue weighted by Crippen LogP contribution is -2.09. The molecule has 124 valence electrons. The number of fused-ring (bicyclic) bond motifs is 1. The summed E-state index contributed by atoms with van der Waals surface area (Å²) < 4.78 is 28.6. The zero-order valence-corrected chi connectivity index (χ0v) is 13.3. The van der Waals surface area contributed by atoms with E-state index in [0.717, 1.165) is 6.92 Å². The summed E-state index contributed by atoms with van der Waals surface area (Å²) in [5.41, 5.74) is 1.83. The van der Waals surface area contributed by atoms with Crippen molar-refractivity contribution in [3.63, 3.8) is 0 Å². The van der Waals surface area contributed by atoms with Crippen LogP contribution in [0.4, 0.5) is 8.78 Å². The van der Waals surface area contributed by atoms with Crippen molar-refractivity contribution in [2.24, 2.45) is 0 Å². The molecule has 24 heavy (non-hydrogen) atoms. The highest BCUT2D eigenvalue weighted by Gasteiger charge is 2.27. The van der Waals surface area contributed by atoms with Crippen molar-refractivity contribution in [2.75, 3.05) is 0 Å². The van der Waals surface area contributed by atoms with Crippen molar-refractivity contribution in [2.45, 2.75) is 19.4 Å². The van der Waals surface area contributed by atoms with Crippen molar-refractivity contribution in [3.05, 3.63) is 47.2 Å². The molecule has 2 aromatic heterocycles. The van der Waals surface area contributed by atoms with E-state index >= 15 is 0 Å². The van der Waals surface area contributed by atoms with Crippen LogP contribution in [0.3, 0.4) is 0 Å². The first kappa shape index (κ1) is 16.3. The number of hydrogen-bond donors (Lipinski definition) is 1. The minimum absolute atomic E-state index is 0.0174. The van der Waals surface area contributed by atoms with Crippen molar-refractivity contribution in [1.29, 1.82) is 0 Å². The van der Waals surface area contributed by atoms with Crippen LogP contribution in [0.25, 0.3) is 22.2 Å². The fourth-order valence-electron chi connectivity index (χ4n) is 2.41. The molecule has 0 fully saturated rings. The predicted molar refractivity (Wildman–Crippen MR) is 85.2 cm³/mol. The molecule has 0 atom stereocenters. The average Bonchev–Trinajstić information content (AvgIpc) is 2.88. The van der Waals surface area contributed by atoms with Crippen LogP contribution in [0.1, 0.15) is 12.5 Å². The number of carbonyl (C=O) groups is 1. The number of pyridine rings is 1. The minimum Gasteiger partial charge on any atom is -0.480 e. The zero-order chi connectivity index (χ0) is 17.5. The number of halogens is 3. The lowest BCUT2D eigenvalue weighted by atomic mass is 10.0. The number of carboxylic acids is 1. The molecule has 1 N–H and O–H groups in total.